The summed E-state index contributed by atoms with van der Waals surface area (Å²) < 4.78 is 6.06. The van der Waals surface area contributed by atoms with Gasteiger partial charge in [-0.15, -0.1) is 5.10 Å². The predicted octanol–water partition coefficient (Wildman–Crippen LogP) is 0.00820. The smallest absolute Gasteiger partial charge is 0.338 e. The molecule has 0 radical (unpaired) electrons. The minimum atomic E-state index is -0.425. The van der Waals surface area contributed by atoms with Crippen LogP contribution >= 0.6 is 0 Å². The number of nitrogens with zero attached hydrogens (tertiary/aromatic N) is 3. The van der Waals surface area contributed by atoms with Gasteiger partial charge in [-0.05, 0) is 12.1 Å². The monoisotopic (exact) mass is 207 g/mol. The first-order valence-electron chi connectivity index (χ1n) is 4.29. The number of hydrogen-bond donors (Lipinski definition) is 1. The Labute approximate surface area is 85.1 Å². The minimum absolute atomic E-state index is 0.227. The number of esters is 1. The number of ether oxygens (including phenoxy) is 1. The molecule has 6 heteroatoms. The molecule has 0 aliphatic carbocycles. The summed E-state index contributed by atoms with van der Waals surface area (Å²) in [5.41, 5.74) is 0.906. The van der Waals surface area contributed by atoms with Crippen molar-refractivity contribution in [1.29, 1.82) is 0 Å². The van der Waals surface area contributed by atoms with Crippen LogP contribution < -0.4 is 0 Å². The molecule has 2 aromatic rings. The van der Waals surface area contributed by atoms with Gasteiger partial charge < -0.3 is 9.84 Å². The highest BCUT2D eigenvalue weighted by molar-refractivity contribution is 5.90. The summed E-state index contributed by atoms with van der Waals surface area (Å²) >= 11 is 0. The van der Waals surface area contributed by atoms with E-state index in [1.165, 1.54) is 11.6 Å². The second kappa shape index (κ2) is 3.66. The van der Waals surface area contributed by atoms with Gasteiger partial charge >= 0.3 is 5.97 Å². The Morgan fingerprint density at radius 3 is 3.13 bits per heavy atom. The van der Waals surface area contributed by atoms with E-state index in [2.05, 4.69) is 14.8 Å². The van der Waals surface area contributed by atoms with Crippen molar-refractivity contribution >= 4 is 11.6 Å². The standard InChI is InChI=1S/C9H9N3O3/c1-15-9(14)6-2-3-12-8(4-6)10-7(5-13)11-12/h2-4,13H,5H2,1H3. The molecule has 0 saturated carbocycles. The summed E-state index contributed by atoms with van der Waals surface area (Å²) in [5, 5.41) is 12.8. The van der Waals surface area contributed by atoms with Crippen molar-refractivity contribution in [3.8, 4) is 0 Å². The molecule has 78 valence electrons. The molecular formula is C9H9N3O3. The lowest BCUT2D eigenvalue weighted by atomic mass is 10.3. The SMILES string of the molecule is COC(=O)c1ccn2nc(CO)nc2c1. The Balaban J connectivity index is 2.50. The number of aromatic nitrogens is 3. The van der Waals surface area contributed by atoms with Crippen molar-refractivity contribution in [2.24, 2.45) is 0 Å². The molecule has 0 fully saturated rings. The molecule has 2 heterocycles. The Hall–Kier alpha value is -1.95. The first kappa shape index (κ1) is 9.60. The highest BCUT2D eigenvalue weighted by Gasteiger charge is 2.08. The van der Waals surface area contributed by atoms with E-state index in [1.807, 2.05) is 0 Å². The Kier molecular flexibility index (Phi) is 2.34. The molecular weight excluding hydrogens is 198 g/mol. The molecule has 0 aliphatic heterocycles. The summed E-state index contributed by atoms with van der Waals surface area (Å²) in [6.45, 7) is -0.227. The molecule has 15 heavy (non-hydrogen) atoms. The van der Waals surface area contributed by atoms with E-state index in [-0.39, 0.29) is 6.61 Å². The molecule has 0 aliphatic rings. The van der Waals surface area contributed by atoms with E-state index in [4.69, 9.17) is 5.11 Å². The Morgan fingerprint density at radius 2 is 2.47 bits per heavy atom. The van der Waals surface area contributed by atoms with Gasteiger partial charge in [0.05, 0.1) is 12.7 Å². The van der Waals surface area contributed by atoms with Crippen molar-refractivity contribution in [1.82, 2.24) is 14.6 Å². The Morgan fingerprint density at radius 1 is 1.67 bits per heavy atom. The summed E-state index contributed by atoms with van der Waals surface area (Å²) in [5.74, 6) is -0.108. The number of methoxy groups -OCH3 is 1. The molecule has 0 saturated heterocycles. The molecule has 0 amide bonds. The van der Waals surface area contributed by atoms with E-state index in [9.17, 15) is 4.79 Å². The summed E-state index contributed by atoms with van der Waals surface area (Å²) in [6.07, 6.45) is 1.59. The van der Waals surface area contributed by atoms with Crippen LogP contribution in [0.15, 0.2) is 18.3 Å². The van der Waals surface area contributed by atoms with Crippen molar-refractivity contribution in [2.75, 3.05) is 7.11 Å². The molecule has 0 bridgehead atoms. The lowest BCUT2D eigenvalue weighted by molar-refractivity contribution is 0.0600. The maximum Gasteiger partial charge on any atom is 0.338 e. The zero-order valence-corrected chi connectivity index (χ0v) is 8.04. The average molecular weight is 207 g/mol. The third kappa shape index (κ3) is 1.66. The van der Waals surface area contributed by atoms with Gasteiger partial charge in [-0.2, -0.15) is 0 Å². The third-order valence-electron chi connectivity index (χ3n) is 1.94. The lowest BCUT2D eigenvalue weighted by Gasteiger charge is -1.97. The van der Waals surface area contributed by atoms with Crippen LogP contribution in [0.4, 0.5) is 0 Å². The number of fused-ring (bicyclic) bond motifs is 1. The van der Waals surface area contributed by atoms with Gasteiger partial charge in [-0.1, -0.05) is 0 Å². The molecule has 0 spiro atoms. The highest BCUT2D eigenvalue weighted by Crippen LogP contribution is 2.06. The van der Waals surface area contributed by atoms with E-state index in [0.29, 0.717) is 17.0 Å². The van der Waals surface area contributed by atoms with Crippen LogP contribution in [0, 0.1) is 0 Å². The predicted molar refractivity (Wildman–Crippen MR) is 50.2 cm³/mol. The van der Waals surface area contributed by atoms with Gasteiger partial charge in [-0.3, -0.25) is 0 Å². The molecule has 2 rings (SSSR count). The van der Waals surface area contributed by atoms with Crippen LogP contribution in [-0.2, 0) is 11.3 Å². The maximum absolute atomic E-state index is 11.2. The molecule has 6 nitrogen and oxygen atoms in total. The zero-order chi connectivity index (χ0) is 10.8. The number of aliphatic hydroxyl groups is 1. The zero-order valence-electron chi connectivity index (χ0n) is 8.04. The normalized spacial score (nSPS) is 10.5. The van der Waals surface area contributed by atoms with Crippen molar-refractivity contribution in [3.63, 3.8) is 0 Å². The second-order valence-electron chi connectivity index (χ2n) is 2.90. The fraction of sp³-hybridized carbons (Fsp3) is 0.222. The van der Waals surface area contributed by atoms with Crippen LogP contribution in [0.2, 0.25) is 0 Å². The van der Waals surface area contributed by atoms with Crippen LogP contribution in [-0.4, -0.2) is 32.8 Å². The number of rotatable bonds is 2. The van der Waals surface area contributed by atoms with E-state index in [0.717, 1.165) is 0 Å². The molecule has 1 N–H and O–H groups in total. The fourth-order valence-electron chi connectivity index (χ4n) is 1.24. The molecule has 0 atom stereocenters. The first-order valence-corrected chi connectivity index (χ1v) is 4.29. The summed E-state index contributed by atoms with van der Waals surface area (Å²) in [4.78, 5) is 15.2. The second-order valence-corrected chi connectivity index (χ2v) is 2.90. The molecule has 0 aromatic carbocycles. The quantitative estimate of drug-likeness (QED) is 0.702. The number of hydrogen-bond acceptors (Lipinski definition) is 5. The van der Waals surface area contributed by atoms with Gasteiger partial charge in [0.2, 0.25) is 0 Å². The number of carbonyl (C=O) groups excluding carboxylic acids is 1. The van der Waals surface area contributed by atoms with Gasteiger partial charge in [-0.25, -0.2) is 14.3 Å². The maximum atomic E-state index is 11.2. The number of pyridine rings is 1. The van der Waals surface area contributed by atoms with Gasteiger partial charge in [0.25, 0.3) is 0 Å². The van der Waals surface area contributed by atoms with E-state index in [1.54, 1.807) is 18.3 Å². The average Bonchev–Trinajstić information content (AvgIpc) is 2.69. The van der Waals surface area contributed by atoms with Crippen LogP contribution in [0.5, 0.6) is 0 Å². The summed E-state index contributed by atoms with van der Waals surface area (Å²) in [7, 11) is 1.31. The van der Waals surface area contributed by atoms with Crippen molar-refractivity contribution in [2.45, 2.75) is 6.61 Å². The topological polar surface area (TPSA) is 76.7 Å². The van der Waals surface area contributed by atoms with E-state index >= 15 is 0 Å². The van der Waals surface area contributed by atoms with Gasteiger partial charge in [0, 0.05) is 6.20 Å². The van der Waals surface area contributed by atoms with Crippen LogP contribution in [0.25, 0.3) is 5.65 Å². The lowest BCUT2D eigenvalue weighted by Crippen LogP contribution is -2.02. The van der Waals surface area contributed by atoms with Crippen LogP contribution in [0.3, 0.4) is 0 Å². The number of carbonyl (C=O) groups is 1. The number of aliphatic hydroxyl groups excluding tert-OH is 1. The largest absolute Gasteiger partial charge is 0.465 e. The molecule has 0 unspecified atom stereocenters. The first-order chi connectivity index (χ1) is 7.24. The minimum Gasteiger partial charge on any atom is -0.465 e. The van der Waals surface area contributed by atoms with Crippen LogP contribution in [0.1, 0.15) is 16.2 Å². The highest BCUT2D eigenvalue weighted by atomic mass is 16.5. The fourth-order valence-corrected chi connectivity index (χ4v) is 1.24. The van der Waals surface area contributed by atoms with Crippen molar-refractivity contribution < 1.29 is 14.6 Å². The van der Waals surface area contributed by atoms with Crippen molar-refractivity contribution in [3.05, 3.63) is 29.7 Å². The van der Waals surface area contributed by atoms with E-state index < -0.39 is 5.97 Å². The molecule has 2 aromatic heterocycles. The van der Waals surface area contributed by atoms with Gasteiger partial charge in [0.15, 0.2) is 11.5 Å². The Bertz CT molecular complexity index is 506. The third-order valence-corrected chi connectivity index (χ3v) is 1.94. The summed E-state index contributed by atoms with van der Waals surface area (Å²) in [6, 6.07) is 3.13. The van der Waals surface area contributed by atoms with Gasteiger partial charge in [0.1, 0.15) is 6.61 Å².